The topological polar surface area (TPSA) is 63.0 Å². The summed E-state index contributed by atoms with van der Waals surface area (Å²) in [6, 6.07) is 3.85. The van der Waals surface area contributed by atoms with Crippen molar-refractivity contribution in [1.29, 1.82) is 5.41 Å². The third-order valence-electron chi connectivity index (χ3n) is 2.97. The molecule has 0 saturated heterocycles. The fourth-order valence-corrected chi connectivity index (χ4v) is 1.95. The first-order valence-corrected chi connectivity index (χ1v) is 4.49. The van der Waals surface area contributed by atoms with E-state index < -0.39 is 0 Å². The third-order valence-corrected chi connectivity index (χ3v) is 2.97. The third kappa shape index (κ3) is 0.996. The first-order valence-electron chi connectivity index (χ1n) is 4.49. The maximum atomic E-state index is 7.55. The van der Waals surface area contributed by atoms with E-state index >= 15 is 0 Å². The lowest BCUT2D eigenvalue weighted by molar-refractivity contribution is 0.459. The van der Waals surface area contributed by atoms with Crippen LogP contribution in [0, 0.1) is 18.3 Å². The molecule has 0 aliphatic heterocycles. The largest absolute Gasteiger partial charge is 0.465 e. The molecular weight excluding hydrogens is 164 g/mol. The van der Waals surface area contributed by atoms with Crippen LogP contribution < -0.4 is 5.73 Å². The van der Waals surface area contributed by atoms with E-state index in [4.69, 9.17) is 15.6 Å². The molecule has 3 heteroatoms. The van der Waals surface area contributed by atoms with Crippen LogP contribution in [0.1, 0.15) is 24.9 Å². The van der Waals surface area contributed by atoms with E-state index in [0.717, 1.165) is 17.9 Å². The number of hydrogen-bond donors (Lipinski definition) is 2. The van der Waals surface area contributed by atoms with Crippen LogP contribution >= 0.6 is 0 Å². The molecule has 0 amide bonds. The second-order valence-corrected chi connectivity index (χ2v) is 3.90. The summed E-state index contributed by atoms with van der Waals surface area (Å²) in [5.74, 6) is 2.41. The molecule has 3 N–H and O–H groups in total. The normalized spacial score (nSPS) is 31.7. The Kier molecular flexibility index (Phi) is 1.53. The summed E-state index contributed by atoms with van der Waals surface area (Å²) in [4.78, 5) is 0. The minimum absolute atomic E-state index is 0.231. The lowest BCUT2D eigenvalue weighted by atomic mass is 10.00. The Balaban J connectivity index is 2.39. The summed E-state index contributed by atoms with van der Waals surface area (Å²) in [5.41, 5.74) is 5.30. The fraction of sp³-hybridized carbons (Fsp3) is 0.500. The van der Waals surface area contributed by atoms with Crippen molar-refractivity contribution in [2.75, 3.05) is 0 Å². The summed E-state index contributed by atoms with van der Waals surface area (Å²) < 4.78 is 5.52. The number of aryl methyl sites for hydroxylation is 1. The van der Waals surface area contributed by atoms with Crippen molar-refractivity contribution < 1.29 is 4.42 Å². The zero-order chi connectivity index (χ0) is 9.64. The van der Waals surface area contributed by atoms with Gasteiger partial charge in [0.25, 0.3) is 0 Å². The quantitative estimate of drug-likeness (QED) is 0.535. The molecule has 0 bridgehead atoms. The van der Waals surface area contributed by atoms with Crippen molar-refractivity contribution in [3.8, 4) is 0 Å². The van der Waals surface area contributed by atoms with Crippen LogP contribution in [0.25, 0.3) is 0 Å². The van der Waals surface area contributed by atoms with Crippen LogP contribution in [0.5, 0.6) is 0 Å². The monoisotopic (exact) mass is 178 g/mol. The molecule has 1 heterocycles. The van der Waals surface area contributed by atoms with Gasteiger partial charge in [0.2, 0.25) is 0 Å². The Labute approximate surface area is 77.4 Å². The molecule has 1 aliphatic rings. The second-order valence-electron chi connectivity index (χ2n) is 3.90. The average molecular weight is 178 g/mol. The van der Waals surface area contributed by atoms with Gasteiger partial charge in [-0.2, -0.15) is 0 Å². The van der Waals surface area contributed by atoms with Crippen LogP contribution in [-0.2, 0) is 5.41 Å². The summed E-state index contributed by atoms with van der Waals surface area (Å²) >= 11 is 0. The zero-order valence-corrected chi connectivity index (χ0v) is 7.92. The summed E-state index contributed by atoms with van der Waals surface area (Å²) in [5, 5.41) is 7.55. The minimum Gasteiger partial charge on any atom is -0.465 e. The summed E-state index contributed by atoms with van der Waals surface area (Å²) in [7, 11) is 0. The van der Waals surface area contributed by atoms with Crippen LogP contribution in [0.4, 0.5) is 0 Å². The van der Waals surface area contributed by atoms with Crippen molar-refractivity contribution in [2.24, 2.45) is 11.7 Å². The Morgan fingerprint density at radius 1 is 1.69 bits per heavy atom. The highest BCUT2D eigenvalue weighted by Crippen LogP contribution is 2.54. The maximum absolute atomic E-state index is 7.55. The van der Waals surface area contributed by atoms with E-state index in [-0.39, 0.29) is 11.3 Å². The van der Waals surface area contributed by atoms with Gasteiger partial charge in [-0.3, -0.25) is 5.41 Å². The van der Waals surface area contributed by atoms with E-state index in [1.54, 1.807) is 0 Å². The number of nitrogens with two attached hydrogens (primary N) is 1. The molecule has 0 aromatic carbocycles. The predicted octanol–water partition coefficient (Wildman–Crippen LogP) is 1.80. The lowest BCUT2D eigenvalue weighted by Gasteiger charge is -2.10. The molecule has 13 heavy (non-hydrogen) atoms. The van der Waals surface area contributed by atoms with Crippen molar-refractivity contribution in [3.63, 3.8) is 0 Å². The van der Waals surface area contributed by atoms with Gasteiger partial charge in [-0.25, -0.2) is 0 Å². The number of amidine groups is 1. The maximum Gasteiger partial charge on any atom is 0.118 e. The lowest BCUT2D eigenvalue weighted by Crippen LogP contribution is -2.29. The molecule has 1 aromatic rings. The first kappa shape index (κ1) is 8.35. The van der Waals surface area contributed by atoms with Gasteiger partial charge in [0, 0.05) is 0 Å². The molecule has 0 radical (unpaired) electrons. The predicted molar refractivity (Wildman–Crippen MR) is 50.8 cm³/mol. The van der Waals surface area contributed by atoms with Gasteiger partial charge >= 0.3 is 0 Å². The molecule has 1 saturated carbocycles. The van der Waals surface area contributed by atoms with E-state index in [1.807, 2.05) is 19.1 Å². The van der Waals surface area contributed by atoms with Gasteiger partial charge in [-0.05, 0) is 31.4 Å². The standard InChI is InChI=1S/C10H14N2O/c1-6-5-10(6,9(11)12)8-4-3-7(2)13-8/h3-4,6H,5H2,1-2H3,(H3,11,12). The molecule has 2 atom stereocenters. The van der Waals surface area contributed by atoms with Crippen molar-refractivity contribution >= 4 is 5.84 Å². The van der Waals surface area contributed by atoms with Gasteiger partial charge in [-0.1, -0.05) is 6.92 Å². The average Bonchev–Trinajstić information content (AvgIpc) is 2.53. The smallest absolute Gasteiger partial charge is 0.118 e. The molecule has 70 valence electrons. The molecular formula is C10H14N2O. The Hall–Kier alpha value is -1.25. The highest BCUT2D eigenvalue weighted by atomic mass is 16.3. The minimum atomic E-state index is -0.283. The SMILES string of the molecule is Cc1ccc(C2(C(=N)N)CC2C)o1. The molecule has 1 aliphatic carbocycles. The number of nitrogens with one attached hydrogen (secondary N) is 1. The molecule has 1 fully saturated rings. The van der Waals surface area contributed by atoms with E-state index in [9.17, 15) is 0 Å². The Bertz CT molecular complexity index is 356. The molecule has 2 unspecified atom stereocenters. The molecule has 2 rings (SSSR count). The van der Waals surface area contributed by atoms with Crippen molar-refractivity contribution in [1.82, 2.24) is 0 Å². The number of hydrogen-bond acceptors (Lipinski definition) is 2. The molecule has 3 nitrogen and oxygen atoms in total. The summed E-state index contributed by atoms with van der Waals surface area (Å²) in [6.07, 6.45) is 0.940. The van der Waals surface area contributed by atoms with Gasteiger partial charge in [0.05, 0.1) is 5.41 Å². The zero-order valence-electron chi connectivity index (χ0n) is 7.92. The van der Waals surface area contributed by atoms with Crippen LogP contribution in [0.3, 0.4) is 0 Å². The molecule has 1 aromatic heterocycles. The van der Waals surface area contributed by atoms with Crippen LogP contribution in [0.2, 0.25) is 0 Å². The van der Waals surface area contributed by atoms with Crippen molar-refractivity contribution in [2.45, 2.75) is 25.7 Å². The number of furan rings is 1. The Morgan fingerprint density at radius 2 is 2.31 bits per heavy atom. The van der Waals surface area contributed by atoms with E-state index in [0.29, 0.717) is 5.92 Å². The number of rotatable bonds is 2. The van der Waals surface area contributed by atoms with E-state index in [1.165, 1.54) is 0 Å². The van der Waals surface area contributed by atoms with Crippen molar-refractivity contribution in [3.05, 3.63) is 23.7 Å². The van der Waals surface area contributed by atoms with Gasteiger partial charge < -0.3 is 10.2 Å². The summed E-state index contributed by atoms with van der Waals surface area (Å²) in [6.45, 7) is 4.00. The van der Waals surface area contributed by atoms with Gasteiger partial charge in [0.1, 0.15) is 17.4 Å². The van der Waals surface area contributed by atoms with Gasteiger partial charge in [0.15, 0.2) is 0 Å². The fourth-order valence-electron chi connectivity index (χ4n) is 1.95. The second kappa shape index (κ2) is 2.37. The van der Waals surface area contributed by atoms with Crippen LogP contribution in [0.15, 0.2) is 16.5 Å². The van der Waals surface area contributed by atoms with Gasteiger partial charge in [-0.15, -0.1) is 0 Å². The Morgan fingerprint density at radius 3 is 2.62 bits per heavy atom. The van der Waals surface area contributed by atoms with Crippen LogP contribution in [-0.4, -0.2) is 5.84 Å². The first-order chi connectivity index (χ1) is 6.07. The molecule has 0 spiro atoms. The highest BCUT2D eigenvalue weighted by molar-refractivity contribution is 5.92. The van der Waals surface area contributed by atoms with E-state index in [2.05, 4.69) is 6.92 Å². The highest BCUT2D eigenvalue weighted by Gasteiger charge is 2.57.